The number of likely N-dealkylation sites (tertiary alicyclic amines) is 1. The Balaban J connectivity index is 0.000000333. The van der Waals surface area contributed by atoms with Crippen LogP contribution in [0.1, 0.15) is 35.8 Å². The van der Waals surface area contributed by atoms with Gasteiger partial charge in [0.05, 0.1) is 30.0 Å². The molecule has 1 saturated heterocycles. The van der Waals surface area contributed by atoms with Gasteiger partial charge in [-0.25, -0.2) is 19.3 Å². The zero-order valence-electron chi connectivity index (χ0n) is 20.9. The summed E-state index contributed by atoms with van der Waals surface area (Å²) >= 11 is 0. The SMILES string of the molecule is NCc1cn(C2CCN(Cc3cncn3Cc3ccccc3)CC2)nn1.O=C(O)C(F)(F)F.O=C(O)C(F)(F)F. The van der Waals surface area contributed by atoms with Crippen molar-refractivity contribution < 1.29 is 46.1 Å². The van der Waals surface area contributed by atoms with Crippen LogP contribution in [0.5, 0.6) is 0 Å². The van der Waals surface area contributed by atoms with Gasteiger partial charge in [0.1, 0.15) is 0 Å². The fourth-order valence-electron chi connectivity index (χ4n) is 3.56. The Labute approximate surface area is 223 Å². The van der Waals surface area contributed by atoms with Gasteiger partial charge in [0, 0.05) is 38.9 Å². The summed E-state index contributed by atoms with van der Waals surface area (Å²) < 4.78 is 67.7. The third kappa shape index (κ3) is 10.6. The highest BCUT2D eigenvalue weighted by molar-refractivity contribution is 5.73. The Morgan fingerprint density at radius 2 is 1.50 bits per heavy atom. The van der Waals surface area contributed by atoms with E-state index in [4.69, 9.17) is 25.5 Å². The minimum absolute atomic E-state index is 0.424. The molecular formula is C23H27F6N7O4. The maximum Gasteiger partial charge on any atom is 0.490 e. The molecule has 4 N–H and O–H groups in total. The highest BCUT2D eigenvalue weighted by Crippen LogP contribution is 2.23. The van der Waals surface area contributed by atoms with Crippen LogP contribution in [0.25, 0.3) is 0 Å². The third-order valence-electron chi connectivity index (χ3n) is 5.56. The number of carboxylic acid groups (broad SMARTS) is 2. The highest BCUT2D eigenvalue weighted by atomic mass is 19.4. The molecule has 3 heterocycles. The van der Waals surface area contributed by atoms with E-state index in [-0.39, 0.29) is 0 Å². The first-order chi connectivity index (χ1) is 18.7. The number of halogens is 6. The number of piperidine rings is 1. The van der Waals surface area contributed by atoms with Crippen LogP contribution in [0.4, 0.5) is 26.3 Å². The van der Waals surface area contributed by atoms with Crippen molar-refractivity contribution in [2.75, 3.05) is 13.1 Å². The first-order valence-corrected chi connectivity index (χ1v) is 11.7. The fourth-order valence-corrected chi connectivity index (χ4v) is 3.56. The molecule has 1 aliphatic heterocycles. The molecule has 0 unspecified atom stereocenters. The number of hydrogen-bond donors (Lipinski definition) is 3. The molecule has 0 radical (unpaired) electrons. The number of imidazole rings is 1. The van der Waals surface area contributed by atoms with Gasteiger partial charge in [-0.1, -0.05) is 35.5 Å². The first kappa shape index (κ1) is 32.2. The average molecular weight is 580 g/mol. The van der Waals surface area contributed by atoms with Gasteiger partial charge in [-0.3, -0.25) is 4.90 Å². The van der Waals surface area contributed by atoms with E-state index in [1.165, 1.54) is 11.3 Å². The second-order valence-electron chi connectivity index (χ2n) is 8.51. The van der Waals surface area contributed by atoms with E-state index >= 15 is 0 Å². The summed E-state index contributed by atoms with van der Waals surface area (Å²) in [6, 6.07) is 10.9. The van der Waals surface area contributed by atoms with E-state index in [0.717, 1.165) is 44.7 Å². The molecule has 0 amide bonds. The average Bonchev–Trinajstić information content (AvgIpc) is 3.54. The Kier molecular flexibility index (Phi) is 11.6. The standard InChI is InChI=1S/C19H25N7.2C2HF3O2/c20-10-17-13-26(23-22-17)18-6-8-24(9-7-18)14-19-11-21-15-25(19)12-16-4-2-1-3-5-16;2*3-2(4,5)1(6)7/h1-5,11,13,15,18H,6-10,12,14,20H2;2*(H,6,7). The minimum Gasteiger partial charge on any atom is -0.475 e. The van der Waals surface area contributed by atoms with Gasteiger partial charge < -0.3 is 20.5 Å². The van der Waals surface area contributed by atoms with Crippen molar-refractivity contribution >= 4 is 11.9 Å². The quantitative estimate of drug-likeness (QED) is 0.374. The summed E-state index contributed by atoms with van der Waals surface area (Å²) in [6.07, 6.45) is -2.10. The van der Waals surface area contributed by atoms with Crippen molar-refractivity contribution in [2.45, 2.75) is 50.9 Å². The van der Waals surface area contributed by atoms with Crippen LogP contribution in [-0.4, -0.2) is 77.0 Å². The number of hydrogen-bond acceptors (Lipinski definition) is 7. The topological polar surface area (TPSA) is 152 Å². The smallest absolute Gasteiger partial charge is 0.475 e. The van der Waals surface area contributed by atoms with Crippen molar-refractivity contribution in [3.8, 4) is 0 Å². The summed E-state index contributed by atoms with van der Waals surface area (Å²) in [4.78, 5) is 24.6. The van der Waals surface area contributed by atoms with Crippen LogP contribution in [0.2, 0.25) is 0 Å². The van der Waals surface area contributed by atoms with Gasteiger partial charge >= 0.3 is 24.3 Å². The van der Waals surface area contributed by atoms with Crippen LogP contribution in [0, 0.1) is 0 Å². The summed E-state index contributed by atoms with van der Waals surface area (Å²) in [5, 5.41) is 22.6. The number of benzene rings is 1. The normalized spacial score (nSPS) is 14.5. The van der Waals surface area contributed by atoms with Crippen LogP contribution < -0.4 is 5.73 Å². The molecule has 0 atom stereocenters. The Bertz CT molecular complexity index is 1180. The largest absolute Gasteiger partial charge is 0.490 e. The van der Waals surface area contributed by atoms with Crippen LogP contribution in [0.15, 0.2) is 49.1 Å². The molecule has 1 aromatic carbocycles. The van der Waals surface area contributed by atoms with Gasteiger partial charge in [0.15, 0.2) is 0 Å². The molecule has 0 saturated carbocycles. The van der Waals surface area contributed by atoms with E-state index in [9.17, 15) is 26.3 Å². The Morgan fingerprint density at radius 1 is 0.950 bits per heavy atom. The molecule has 4 rings (SSSR count). The summed E-state index contributed by atoms with van der Waals surface area (Å²) in [6.45, 7) is 4.36. The number of aromatic nitrogens is 5. The van der Waals surface area contributed by atoms with E-state index in [2.05, 4.69) is 49.0 Å². The second-order valence-corrected chi connectivity index (χ2v) is 8.51. The molecule has 3 aromatic rings. The Hall–Kier alpha value is -3.99. The van der Waals surface area contributed by atoms with Crippen molar-refractivity contribution in [3.05, 3.63) is 66.0 Å². The number of alkyl halides is 6. The van der Waals surface area contributed by atoms with Crippen molar-refractivity contribution in [1.82, 2.24) is 29.4 Å². The molecule has 40 heavy (non-hydrogen) atoms. The number of carbonyl (C=O) groups is 2. The summed E-state index contributed by atoms with van der Waals surface area (Å²) in [7, 11) is 0. The zero-order chi connectivity index (χ0) is 29.9. The predicted molar refractivity (Wildman–Crippen MR) is 127 cm³/mol. The molecule has 2 aromatic heterocycles. The molecular weight excluding hydrogens is 552 g/mol. The third-order valence-corrected chi connectivity index (χ3v) is 5.56. The maximum absolute atomic E-state index is 10.6. The summed E-state index contributed by atoms with van der Waals surface area (Å²) in [5.74, 6) is -5.51. The molecule has 220 valence electrons. The molecule has 0 aliphatic carbocycles. The van der Waals surface area contributed by atoms with Crippen LogP contribution in [0.3, 0.4) is 0 Å². The van der Waals surface area contributed by atoms with Crippen LogP contribution in [-0.2, 0) is 29.2 Å². The van der Waals surface area contributed by atoms with Crippen molar-refractivity contribution in [2.24, 2.45) is 5.73 Å². The number of nitrogens with zero attached hydrogens (tertiary/aromatic N) is 6. The number of carboxylic acids is 2. The van der Waals surface area contributed by atoms with Gasteiger partial charge in [-0.15, -0.1) is 5.10 Å². The molecule has 0 spiro atoms. The van der Waals surface area contributed by atoms with Crippen molar-refractivity contribution in [1.29, 1.82) is 0 Å². The van der Waals surface area contributed by atoms with Gasteiger partial charge in [-0.2, -0.15) is 26.3 Å². The lowest BCUT2D eigenvalue weighted by Crippen LogP contribution is -2.35. The number of nitrogens with two attached hydrogens (primary N) is 1. The van der Waals surface area contributed by atoms with Gasteiger partial charge in [0.25, 0.3) is 0 Å². The monoisotopic (exact) mass is 579 g/mol. The summed E-state index contributed by atoms with van der Waals surface area (Å²) in [5.41, 5.74) is 9.05. The lowest BCUT2D eigenvalue weighted by molar-refractivity contribution is -0.193. The first-order valence-electron chi connectivity index (χ1n) is 11.7. The van der Waals surface area contributed by atoms with E-state index in [0.29, 0.717) is 12.6 Å². The molecule has 0 bridgehead atoms. The number of aliphatic carboxylic acids is 2. The Morgan fingerprint density at radius 3 is 1.98 bits per heavy atom. The minimum atomic E-state index is -5.08. The maximum atomic E-state index is 10.6. The van der Waals surface area contributed by atoms with Crippen LogP contribution >= 0.6 is 0 Å². The molecule has 11 nitrogen and oxygen atoms in total. The van der Waals surface area contributed by atoms with E-state index < -0.39 is 24.3 Å². The van der Waals surface area contributed by atoms with E-state index in [1.807, 2.05) is 29.5 Å². The van der Waals surface area contributed by atoms with Crippen molar-refractivity contribution in [3.63, 3.8) is 0 Å². The zero-order valence-corrected chi connectivity index (χ0v) is 20.9. The molecule has 17 heteroatoms. The molecule has 1 aliphatic rings. The fraction of sp³-hybridized carbons (Fsp3) is 0.435. The lowest BCUT2D eigenvalue weighted by Gasteiger charge is -2.31. The van der Waals surface area contributed by atoms with Gasteiger partial charge in [0.2, 0.25) is 0 Å². The van der Waals surface area contributed by atoms with Gasteiger partial charge in [-0.05, 0) is 18.4 Å². The number of rotatable bonds is 6. The molecule has 1 fully saturated rings. The lowest BCUT2D eigenvalue weighted by atomic mass is 10.1. The predicted octanol–water partition coefficient (Wildman–Crippen LogP) is 3.09. The second kappa shape index (κ2) is 14.4. The van der Waals surface area contributed by atoms with E-state index in [1.54, 1.807) is 0 Å². The highest BCUT2D eigenvalue weighted by Gasteiger charge is 2.38.